The van der Waals surface area contributed by atoms with Crippen molar-refractivity contribution in [3.63, 3.8) is 0 Å². The fraction of sp³-hybridized carbons (Fsp3) is 0.148. The third-order valence-electron chi connectivity index (χ3n) is 5.54. The van der Waals surface area contributed by atoms with Crippen LogP contribution in [0.3, 0.4) is 0 Å². The molecule has 36 heavy (non-hydrogen) atoms. The molecule has 4 N–H and O–H groups in total. The Bertz CT molecular complexity index is 1350. The zero-order valence-electron chi connectivity index (χ0n) is 19.4. The molecule has 184 valence electrons. The van der Waals surface area contributed by atoms with Crippen molar-refractivity contribution in [3.05, 3.63) is 107 Å². The van der Waals surface area contributed by atoms with Crippen LogP contribution in [-0.4, -0.2) is 15.9 Å². The molecule has 4 rings (SSSR count). The third kappa shape index (κ3) is 6.05. The van der Waals surface area contributed by atoms with Crippen LogP contribution in [0.15, 0.2) is 79.1 Å². The molecule has 0 bridgehead atoms. The van der Waals surface area contributed by atoms with E-state index in [-0.39, 0.29) is 5.91 Å². The van der Waals surface area contributed by atoms with Gasteiger partial charge in [-0.05, 0) is 53.9 Å². The average molecular weight is 492 g/mol. The zero-order valence-corrected chi connectivity index (χ0v) is 19.4. The van der Waals surface area contributed by atoms with Crippen LogP contribution >= 0.6 is 0 Å². The van der Waals surface area contributed by atoms with E-state index in [4.69, 9.17) is 5.73 Å². The van der Waals surface area contributed by atoms with Gasteiger partial charge in [0.2, 0.25) is 0 Å². The molecule has 2 aromatic heterocycles. The molecule has 0 saturated heterocycles. The highest BCUT2D eigenvalue weighted by atomic mass is 19.4. The van der Waals surface area contributed by atoms with Crippen molar-refractivity contribution in [2.75, 3.05) is 11.1 Å². The van der Waals surface area contributed by atoms with Gasteiger partial charge in [0.05, 0.1) is 17.1 Å². The summed E-state index contributed by atoms with van der Waals surface area (Å²) in [5.41, 5.74) is 10.8. The van der Waals surface area contributed by atoms with Gasteiger partial charge in [0, 0.05) is 36.6 Å². The Balaban J connectivity index is 1.36. The summed E-state index contributed by atoms with van der Waals surface area (Å²) < 4.78 is 37.9. The number of benzene rings is 2. The van der Waals surface area contributed by atoms with Gasteiger partial charge >= 0.3 is 6.18 Å². The van der Waals surface area contributed by atoms with Crippen LogP contribution < -0.4 is 16.4 Å². The number of pyridine rings is 2. The van der Waals surface area contributed by atoms with Crippen molar-refractivity contribution < 1.29 is 18.0 Å². The number of nitrogens with zero attached hydrogens (tertiary/aromatic N) is 2. The Labute approximate surface area is 206 Å². The van der Waals surface area contributed by atoms with Crippen LogP contribution in [0.4, 0.5) is 24.5 Å². The van der Waals surface area contributed by atoms with E-state index in [2.05, 4.69) is 20.6 Å². The lowest BCUT2D eigenvalue weighted by atomic mass is 10.0. The molecule has 1 amide bonds. The lowest BCUT2D eigenvalue weighted by molar-refractivity contribution is -0.141. The predicted octanol–water partition coefficient (Wildman–Crippen LogP) is 5.60. The number of anilines is 2. The molecule has 0 unspecified atom stereocenters. The molecule has 4 aromatic rings. The molecule has 2 heterocycles. The summed E-state index contributed by atoms with van der Waals surface area (Å²) in [5, 5.41) is 6.00. The quantitative estimate of drug-likeness (QED) is 0.293. The van der Waals surface area contributed by atoms with Crippen LogP contribution in [0.1, 0.15) is 32.7 Å². The molecular formula is C27H24F3N5O. The van der Waals surface area contributed by atoms with Crippen molar-refractivity contribution in [1.29, 1.82) is 0 Å². The maximum absolute atomic E-state index is 12.6. The first kappa shape index (κ1) is 24.9. The van der Waals surface area contributed by atoms with E-state index < -0.39 is 11.9 Å². The number of rotatable bonds is 7. The van der Waals surface area contributed by atoms with Crippen LogP contribution in [0.25, 0.3) is 11.3 Å². The van der Waals surface area contributed by atoms with Crippen LogP contribution in [0.5, 0.6) is 0 Å². The molecule has 0 radical (unpaired) electrons. The minimum atomic E-state index is -4.44. The minimum absolute atomic E-state index is 0.256. The van der Waals surface area contributed by atoms with Gasteiger partial charge in [-0.1, -0.05) is 36.4 Å². The number of nitrogens with two attached hydrogens (primary N) is 1. The number of amides is 1. The number of alkyl halides is 3. The van der Waals surface area contributed by atoms with Crippen molar-refractivity contribution in [3.8, 4) is 11.3 Å². The van der Waals surface area contributed by atoms with E-state index in [9.17, 15) is 18.0 Å². The number of carbonyl (C=O) groups is 1. The predicted molar refractivity (Wildman–Crippen MR) is 133 cm³/mol. The highest BCUT2D eigenvalue weighted by Gasteiger charge is 2.31. The van der Waals surface area contributed by atoms with E-state index in [0.717, 1.165) is 28.5 Å². The van der Waals surface area contributed by atoms with Gasteiger partial charge in [-0.3, -0.25) is 14.8 Å². The van der Waals surface area contributed by atoms with E-state index in [1.807, 2.05) is 25.1 Å². The van der Waals surface area contributed by atoms with Crippen LogP contribution in [-0.2, 0) is 19.3 Å². The van der Waals surface area contributed by atoms with E-state index >= 15 is 0 Å². The van der Waals surface area contributed by atoms with Crippen molar-refractivity contribution >= 4 is 17.3 Å². The number of aryl methyl sites for hydroxylation is 1. The van der Waals surface area contributed by atoms with Gasteiger partial charge in [0.1, 0.15) is 5.69 Å². The van der Waals surface area contributed by atoms with Gasteiger partial charge < -0.3 is 16.4 Å². The Morgan fingerprint density at radius 2 is 1.61 bits per heavy atom. The molecule has 0 saturated carbocycles. The molecule has 9 heteroatoms. The third-order valence-corrected chi connectivity index (χ3v) is 5.54. The Morgan fingerprint density at radius 1 is 0.917 bits per heavy atom. The zero-order chi connectivity index (χ0) is 25.7. The second-order valence-electron chi connectivity index (χ2n) is 8.28. The number of nitrogens with one attached hydrogen (secondary N) is 2. The second kappa shape index (κ2) is 10.6. The second-order valence-corrected chi connectivity index (χ2v) is 8.28. The average Bonchev–Trinajstić information content (AvgIpc) is 2.85. The maximum atomic E-state index is 12.6. The lowest BCUT2D eigenvalue weighted by Gasteiger charge is -2.11. The van der Waals surface area contributed by atoms with Crippen LogP contribution in [0, 0.1) is 6.92 Å². The summed E-state index contributed by atoms with van der Waals surface area (Å²) in [4.78, 5) is 20.6. The molecule has 6 nitrogen and oxygen atoms in total. The first-order chi connectivity index (χ1) is 17.2. The number of para-hydroxylation sites is 2. The summed E-state index contributed by atoms with van der Waals surface area (Å²) in [7, 11) is 0. The summed E-state index contributed by atoms with van der Waals surface area (Å²) in [6.45, 7) is 2.82. The minimum Gasteiger partial charge on any atom is -0.397 e. The van der Waals surface area contributed by atoms with Crippen LogP contribution in [0.2, 0.25) is 0 Å². The highest BCUT2D eigenvalue weighted by molar-refractivity contribution is 6.05. The number of hydrogen-bond acceptors (Lipinski definition) is 5. The molecule has 0 spiro atoms. The fourth-order valence-corrected chi connectivity index (χ4v) is 3.66. The van der Waals surface area contributed by atoms with Gasteiger partial charge in [0.25, 0.3) is 5.91 Å². The summed E-state index contributed by atoms with van der Waals surface area (Å²) in [6.07, 6.45) is -1.47. The van der Waals surface area contributed by atoms with Gasteiger partial charge in [0.15, 0.2) is 0 Å². The molecular weight excluding hydrogens is 467 g/mol. The number of carbonyl (C=O) groups excluding carboxylic acids is 1. The van der Waals surface area contributed by atoms with Crippen molar-refractivity contribution in [2.24, 2.45) is 0 Å². The first-order valence-corrected chi connectivity index (χ1v) is 11.2. The molecule has 2 aromatic carbocycles. The van der Waals surface area contributed by atoms with E-state index in [0.29, 0.717) is 35.6 Å². The largest absolute Gasteiger partial charge is 0.433 e. The topological polar surface area (TPSA) is 92.9 Å². The number of halogens is 3. The molecule has 0 aliphatic rings. The number of hydrogen-bond donors (Lipinski definition) is 3. The van der Waals surface area contributed by atoms with Gasteiger partial charge in [-0.2, -0.15) is 13.2 Å². The number of nitrogen functional groups attached to an aromatic ring is 1. The first-order valence-electron chi connectivity index (χ1n) is 11.2. The summed E-state index contributed by atoms with van der Waals surface area (Å²) >= 11 is 0. The molecule has 0 atom stereocenters. The van der Waals surface area contributed by atoms with Crippen molar-refractivity contribution in [1.82, 2.24) is 15.3 Å². The molecule has 0 aliphatic carbocycles. The molecule has 0 fully saturated rings. The SMILES string of the molecule is Cc1cc(CNCc2ccc(C(F)(F)F)nc2)cnc1-c1ccc(C(=O)Nc2ccccc2N)cc1. The van der Waals surface area contributed by atoms with Gasteiger partial charge in [-0.25, -0.2) is 0 Å². The van der Waals surface area contributed by atoms with E-state index in [1.165, 1.54) is 12.3 Å². The lowest BCUT2D eigenvalue weighted by Crippen LogP contribution is -2.14. The normalized spacial score (nSPS) is 11.3. The Hall–Kier alpha value is -4.24. The molecule has 0 aliphatic heterocycles. The number of aromatic nitrogens is 2. The Kier molecular flexibility index (Phi) is 7.30. The van der Waals surface area contributed by atoms with Crippen molar-refractivity contribution in [2.45, 2.75) is 26.2 Å². The monoisotopic (exact) mass is 491 g/mol. The summed E-state index contributed by atoms with van der Waals surface area (Å²) in [5.74, 6) is -0.256. The maximum Gasteiger partial charge on any atom is 0.433 e. The standard InChI is InChI=1S/C27H24F3N5O/c1-17-12-19(14-32-13-18-6-11-24(33-15-18)27(28,29)30)16-34-25(17)20-7-9-21(10-8-20)26(36)35-23-5-3-2-4-22(23)31/h2-12,15-16,32H,13-14,31H2,1H3,(H,35,36). The summed E-state index contributed by atoms with van der Waals surface area (Å²) in [6, 6.07) is 18.6. The van der Waals surface area contributed by atoms with E-state index in [1.54, 1.807) is 42.6 Å². The Morgan fingerprint density at radius 3 is 2.25 bits per heavy atom. The highest BCUT2D eigenvalue weighted by Crippen LogP contribution is 2.27. The smallest absolute Gasteiger partial charge is 0.397 e. The fourth-order valence-electron chi connectivity index (χ4n) is 3.66. The van der Waals surface area contributed by atoms with Gasteiger partial charge in [-0.15, -0.1) is 0 Å².